The van der Waals surface area contributed by atoms with Crippen LogP contribution in [0.15, 0.2) is 17.1 Å². The Morgan fingerprint density at radius 2 is 1.26 bits per heavy atom. The molecular weight excluding hydrogens is 380 g/mol. The van der Waals surface area contributed by atoms with Gasteiger partial charge in [0.2, 0.25) is 0 Å². The second kappa shape index (κ2) is 20.0. The van der Waals surface area contributed by atoms with Crippen molar-refractivity contribution in [2.75, 3.05) is 32.8 Å². The summed E-state index contributed by atoms with van der Waals surface area (Å²) in [4.78, 5) is 4.77. The van der Waals surface area contributed by atoms with Crippen molar-refractivity contribution in [3.05, 3.63) is 12.2 Å². The van der Waals surface area contributed by atoms with Crippen molar-refractivity contribution in [3.8, 4) is 0 Å². The summed E-state index contributed by atoms with van der Waals surface area (Å²) in [6.07, 6.45) is 29.5. The summed E-state index contributed by atoms with van der Waals surface area (Å²) in [7, 11) is 0. The largest absolute Gasteiger partial charge is 0.390 e. The first kappa shape index (κ1) is 28.4. The van der Waals surface area contributed by atoms with Gasteiger partial charge in [-0.2, -0.15) is 0 Å². The van der Waals surface area contributed by atoms with Gasteiger partial charge in [-0.3, -0.25) is 4.48 Å². The molecule has 0 bridgehead atoms. The fraction of sp³-hybridized carbons (Fsp3) is 0.893. The lowest BCUT2D eigenvalue weighted by Crippen LogP contribution is -2.52. The van der Waals surface area contributed by atoms with Crippen molar-refractivity contribution >= 4 is 5.84 Å². The number of likely N-dealkylation sites (N-methyl/N-ethyl adjacent to an activating group) is 1. The van der Waals surface area contributed by atoms with Crippen LogP contribution < -0.4 is 0 Å². The Balaban J connectivity index is 1.81. The minimum absolute atomic E-state index is 0.282. The van der Waals surface area contributed by atoms with Crippen molar-refractivity contribution in [1.29, 1.82) is 0 Å². The Morgan fingerprint density at radius 3 is 1.71 bits per heavy atom. The maximum atomic E-state index is 9.40. The summed E-state index contributed by atoms with van der Waals surface area (Å²) in [6.45, 7) is 8.63. The zero-order chi connectivity index (χ0) is 22.5. The van der Waals surface area contributed by atoms with Gasteiger partial charge < -0.3 is 5.11 Å². The van der Waals surface area contributed by atoms with Crippen molar-refractivity contribution < 1.29 is 9.59 Å². The Labute approximate surface area is 195 Å². The van der Waals surface area contributed by atoms with Crippen LogP contribution in [-0.4, -0.2) is 48.2 Å². The van der Waals surface area contributed by atoms with E-state index in [0.29, 0.717) is 0 Å². The lowest BCUT2D eigenvalue weighted by atomic mass is 10.0. The molecule has 1 N–H and O–H groups in total. The second-order valence-electron chi connectivity index (χ2n) is 9.69. The van der Waals surface area contributed by atoms with Crippen LogP contribution >= 0.6 is 0 Å². The molecule has 1 aliphatic rings. The summed E-state index contributed by atoms with van der Waals surface area (Å²) in [5.41, 5.74) is 0. The molecule has 182 valence electrons. The molecule has 1 heterocycles. The molecule has 0 radical (unpaired) electrons. The number of hydrogen-bond donors (Lipinski definition) is 1. The molecule has 1 atom stereocenters. The van der Waals surface area contributed by atoms with E-state index in [1.54, 1.807) is 0 Å². The summed E-state index contributed by atoms with van der Waals surface area (Å²) in [5, 5.41) is 9.40. The molecule has 31 heavy (non-hydrogen) atoms. The number of aliphatic hydroxyl groups is 1. The highest BCUT2D eigenvalue weighted by molar-refractivity contribution is 5.76. The standard InChI is InChI=1S/C28H55N2O/c1-3-5-6-7-8-9-10-11-12-13-14-15-16-17-18-19-20-21-22-23-28-29-24-25-30(28,4-2)26-27-31/h3,5,31H,4,6-27H2,1-2H3/q+1/b5-3+. The quantitative estimate of drug-likeness (QED) is 0.105. The lowest BCUT2D eigenvalue weighted by molar-refractivity contribution is -0.835. The van der Waals surface area contributed by atoms with E-state index in [9.17, 15) is 5.11 Å². The molecule has 0 amide bonds. The average molecular weight is 436 g/mol. The normalized spacial score (nSPS) is 18.9. The number of allylic oxidation sites excluding steroid dienone is 2. The minimum Gasteiger partial charge on any atom is -0.390 e. The summed E-state index contributed by atoms with van der Waals surface area (Å²) >= 11 is 0. The topological polar surface area (TPSA) is 32.6 Å². The SMILES string of the molecule is C/C=C/CCCCCCCCCCCCCCCCCCC1=NCC[N+]1(CC)CCO. The lowest BCUT2D eigenvalue weighted by Gasteiger charge is -2.33. The minimum atomic E-state index is 0.282. The van der Waals surface area contributed by atoms with Crippen LogP contribution in [0.5, 0.6) is 0 Å². The van der Waals surface area contributed by atoms with Gasteiger partial charge in [-0.1, -0.05) is 102 Å². The van der Waals surface area contributed by atoms with Crippen LogP contribution in [-0.2, 0) is 0 Å². The third-order valence-electron chi connectivity index (χ3n) is 7.26. The van der Waals surface area contributed by atoms with Crippen molar-refractivity contribution in [3.63, 3.8) is 0 Å². The van der Waals surface area contributed by atoms with Gasteiger partial charge in [-0.15, -0.1) is 0 Å². The highest BCUT2D eigenvalue weighted by atomic mass is 16.3. The van der Waals surface area contributed by atoms with Gasteiger partial charge in [0.15, 0.2) is 5.84 Å². The molecule has 3 nitrogen and oxygen atoms in total. The molecule has 0 fully saturated rings. The van der Waals surface area contributed by atoms with Gasteiger partial charge in [0, 0.05) is 6.42 Å². The summed E-state index contributed by atoms with van der Waals surface area (Å²) in [5.74, 6) is 1.36. The van der Waals surface area contributed by atoms with E-state index in [4.69, 9.17) is 4.99 Å². The predicted molar refractivity (Wildman–Crippen MR) is 138 cm³/mol. The number of amidine groups is 1. The molecule has 0 aliphatic carbocycles. The number of hydrogen-bond acceptors (Lipinski definition) is 2. The molecule has 1 unspecified atom stereocenters. The highest BCUT2D eigenvalue weighted by Gasteiger charge is 2.35. The maximum Gasteiger partial charge on any atom is 0.198 e. The van der Waals surface area contributed by atoms with Crippen LogP contribution in [0, 0.1) is 0 Å². The monoisotopic (exact) mass is 435 g/mol. The first-order valence-electron chi connectivity index (χ1n) is 13.9. The van der Waals surface area contributed by atoms with Crippen LogP contribution in [0.1, 0.15) is 129 Å². The van der Waals surface area contributed by atoms with E-state index in [1.165, 1.54) is 115 Å². The Bertz CT molecular complexity index is 460. The molecule has 0 saturated heterocycles. The van der Waals surface area contributed by atoms with E-state index >= 15 is 0 Å². The molecule has 0 aromatic rings. The van der Waals surface area contributed by atoms with Gasteiger partial charge in [0.1, 0.15) is 13.1 Å². The fourth-order valence-corrected chi connectivity index (χ4v) is 5.08. The Kier molecular flexibility index (Phi) is 18.3. The summed E-state index contributed by atoms with van der Waals surface area (Å²) in [6, 6.07) is 0. The predicted octanol–water partition coefficient (Wildman–Crippen LogP) is 7.83. The summed E-state index contributed by atoms with van der Waals surface area (Å²) < 4.78 is 0.952. The number of aliphatic hydroxyl groups excluding tert-OH is 1. The van der Waals surface area contributed by atoms with Gasteiger partial charge >= 0.3 is 0 Å². The van der Waals surface area contributed by atoms with Crippen molar-refractivity contribution in [1.82, 2.24) is 0 Å². The highest BCUT2D eigenvalue weighted by Crippen LogP contribution is 2.20. The molecule has 1 rings (SSSR count). The Morgan fingerprint density at radius 1 is 0.774 bits per heavy atom. The van der Waals surface area contributed by atoms with E-state index in [-0.39, 0.29) is 6.61 Å². The van der Waals surface area contributed by atoms with Crippen LogP contribution in [0.2, 0.25) is 0 Å². The van der Waals surface area contributed by atoms with E-state index < -0.39 is 0 Å². The second-order valence-corrected chi connectivity index (χ2v) is 9.69. The van der Waals surface area contributed by atoms with Crippen molar-refractivity contribution in [2.24, 2.45) is 4.99 Å². The zero-order valence-electron chi connectivity index (χ0n) is 21.3. The first-order valence-corrected chi connectivity index (χ1v) is 13.9. The van der Waals surface area contributed by atoms with E-state index in [0.717, 1.165) is 37.1 Å². The number of quaternary nitrogens is 1. The van der Waals surface area contributed by atoms with Gasteiger partial charge in [-0.05, 0) is 33.1 Å². The third-order valence-corrected chi connectivity index (χ3v) is 7.26. The van der Waals surface area contributed by atoms with Gasteiger partial charge in [-0.25, -0.2) is 4.99 Å². The van der Waals surface area contributed by atoms with E-state index in [2.05, 4.69) is 26.0 Å². The zero-order valence-corrected chi connectivity index (χ0v) is 21.3. The molecule has 1 aliphatic heterocycles. The number of rotatable bonds is 22. The first-order chi connectivity index (χ1) is 15.3. The van der Waals surface area contributed by atoms with Crippen LogP contribution in [0.4, 0.5) is 0 Å². The van der Waals surface area contributed by atoms with Crippen LogP contribution in [0.3, 0.4) is 0 Å². The fourth-order valence-electron chi connectivity index (χ4n) is 5.08. The number of nitrogens with zero attached hydrogens (tertiary/aromatic N) is 2. The smallest absolute Gasteiger partial charge is 0.198 e. The van der Waals surface area contributed by atoms with E-state index in [1.807, 2.05) is 0 Å². The van der Waals surface area contributed by atoms with Crippen LogP contribution in [0.25, 0.3) is 0 Å². The van der Waals surface area contributed by atoms with Gasteiger partial charge in [0.25, 0.3) is 0 Å². The molecule has 3 heteroatoms. The number of aliphatic imine (C=N–C) groups is 1. The number of unbranched alkanes of at least 4 members (excludes halogenated alkanes) is 16. The molecule has 0 saturated carbocycles. The molecule has 0 aromatic carbocycles. The maximum absolute atomic E-state index is 9.40. The molecule has 0 aromatic heterocycles. The molecular formula is C28H55N2O+. The Hall–Kier alpha value is -0.670. The molecule has 0 spiro atoms. The third kappa shape index (κ3) is 13.5. The van der Waals surface area contributed by atoms with Gasteiger partial charge in [0.05, 0.1) is 19.7 Å². The average Bonchev–Trinajstić information content (AvgIpc) is 3.18. The van der Waals surface area contributed by atoms with Crippen molar-refractivity contribution in [2.45, 2.75) is 129 Å².